The first-order chi connectivity index (χ1) is 14.0. The topological polar surface area (TPSA) is 71.1 Å². The van der Waals surface area contributed by atoms with Gasteiger partial charge in [0.2, 0.25) is 5.91 Å². The molecule has 29 heavy (non-hydrogen) atoms. The molecule has 1 unspecified atom stereocenters. The van der Waals surface area contributed by atoms with Crippen molar-refractivity contribution in [3.63, 3.8) is 0 Å². The molecule has 0 aromatic heterocycles. The van der Waals surface area contributed by atoms with Crippen molar-refractivity contribution in [3.05, 3.63) is 59.7 Å². The third-order valence-corrected chi connectivity index (χ3v) is 4.99. The van der Waals surface area contributed by atoms with Crippen LogP contribution in [0.15, 0.2) is 48.5 Å². The molecule has 3 rings (SSSR count). The summed E-state index contributed by atoms with van der Waals surface area (Å²) in [5.74, 6) is 1.04. The van der Waals surface area contributed by atoms with E-state index in [2.05, 4.69) is 5.32 Å². The van der Waals surface area contributed by atoms with Gasteiger partial charge in [-0.25, -0.2) is 4.79 Å². The Morgan fingerprint density at radius 3 is 2.38 bits per heavy atom. The largest absolute Gasteiger partial charge is 0.493 e. The van der Waals surface area contributed by atoms with Gasteiger partial charge in [-0.2, -0.15) is 0 Å². The molecule has 1 fully saturated rings. The van der Waals surface area contributed by atoms with E-state index >= 15 is 0 Å². The molecule has 1 heterocycles. The molecule has 154 valence electrons. The minimum Gasteiger partial charge on any atom is -0.493 e. The quantitative estimate of drug-likeness (QED) is 0.744. The molecular weight excluding hydrogens is 370 g/mol. The van der Waals surface area contributed by atoms with Crippen molar-refractivity contribution in [2.75, 3.05) is 33.9 Å². The van der Waals surface area contributed by atoms with Crippen LogP contribution >= 0.6 is 0 Å². The zero-order valence-corrected chi connectivity index (χ0v) is 17.1. The molecule has 7 nitrogen and oxygen atoms in total. The van der Waals surface area contributed by atoms with Crippen molar-refractivity contribution in [3.8, 4) is 11.5 Å². The number of carbonyl (C=O) groups excluding carboxylic acids is 2. The summed E-state index contributed by atoms with van der Waals surface area (Å²) < 4.78 is 10.7. The highest BCUT2D eigenvalue weighted by Gasteiger charge is 2.31. The van der Waals surface area contributed by atoms with Crippen LogP contribution in [0.2, 0.25) is 0 Å². The van der Waals surface area contributed by atoms with E-state index in [-0.39, 0.29) is 18.0 Å². The van der Waals surface area contributed by atoms with Crippen molar-refractivity contribution in [2.24, 2.45) is 0 Å². The lowest BCUT2D eigenvalue weighted by atomic mass is 10.1. The van der Waals surface area contributed by atoms with Crippen LogP contribution in [0, 0.1) is 0 Å². The minimum atomic E-state index is -0.340. The van der Waals surface area contributed by atoms with E-state index in [9.17, 15) is 9.59 Å². The number of urea groups is 1. The number of nitrogens with one attached hydrogen (secondary N) is 1. The lowest BCUT2D eigenvalue weighted by molar-refractivity contribution is -0.119. The van der Waals surface area contributed by atoms with Gasteiger partial charge in [0, 0.05) is 33.1 Å². The summed E-state index contributed by atoms with van der Waals surface area (Å²) in [5.41, 5.74) is 1.95. The Balaban J connectivity index is 1.74. The Morgan fingerprint density at radius 2 is 1.72 bits per heavy atom. The zero-order valence-electron chi connectivity index (χ0n) is 17.1. The van der Waals surface area contributed by atoms with Crippen LogP contribution in [0.25, 0.3) is 0 Å². The number of amides is 3. The van der Waals surface area contributed by atoms with Gasteiger partial charge in [-0.15, -0.1) is 0 Å². The molecule has 1 atom stereocenters. The van der Waals surface area contributed by atoms with Crippen molar-refractivity contribution in [1.29, 1.82) is 0 Å². The molecule has 0 radical (unpaired) electrons. The number of hydrogen-bond acceptors (Lipinski definition) is 4. The van der Waals surface area contributed by atoms with Crippen LogP contribution in [0.3, 0.4) is 0 Å². The summed E-state index contributed by atoms with van der Waals surface area (Å²) in [5, 5.41) is 2.95. The van der Waals surface area contributed by atoms with Gasteiger partial charge in [0.15, 0.2) is 11.5 Å². The predicted molar refractivity (Wildman–Crippen MR) is 110 cm³/mol. The summed E-state index contributed by atoms with van der Waals surface area (Å²) in [7, 11) is 3.15. The average Bonchev–Trinajstić information content (AvgIpc) is 3.06. The van der Waals surface area contributed by atoms with Gasteiger partial charge in [-0.3, -0.25) is 4.79 Å². The summed E-state index contributed by atoms with van der Waals surface area (Å²) in [4.78, 5) is 28.3. The smallest absolute Gasteiger partial charge is 0.320 e. The van der Waals surface area contributed by atoms with E-state index in [0.29, 0.717) is 37.7 Å². The molecule has 2 aromatic rings. The Labute approximate surface area is 171 Å². The Bertz CT molecular complexity index is 856. The summed E-state index contributed by atoms with van der Waals surface area (Å²) in [6.07, 6.45) is 0. The van der Waals surface area contributed by atoms with Crippen LogP contribution in [-0.4, -0.2) is 55.6 Å². The van der Waals surface area contributed by atoms with Gasteiger partial charge in [0.25, 0.3) is 0 Å². The second-order valence-corrected chi connectivity index (χ2v) is 7.00. The molecule has 0 saturated carbocycles. The zero-order chi connectivity index (χ0) is 20.8. The number of carbonyl (C=O) groups is 2. The van der Waals surface area contributed by atoms with Gasteiger partial charge in [-0.05, 0) is 23.3 Å². The molecule has 1 aliphatic heterocycles. The van der Waals surface area contributed by atoms with Gasteiger partial charge >= 0.3 is 6.03 Å². The molecule has 3 amide bonds. The third-order valence-electron chi connectivity index (χ3n) is 4.99. The second-order valence-electron chi connectivity index (χ2n) is 7.00. The van der Waals surface area contributed by atoms with Gasteiger partial charge in [0.05, 0.1) is 20.3 Å². The van der Waals surface area contributed by atoms with Crippen molar-refractivity contribution in [1.82, 2.24) is 15.1 Å². The van der Waals surface area contributed by atoms with Gasteiger partial charge in [0.1, 0.15) is 0 Å². The predicted octanol–water partition coefficient (Wildman–Crippen LogP) is 2.82. The number of hydrogen-bond donors (Lipinski definition) is 1. The Hall–Kier alpha value is -3.22. The van der Waals surface area contributed by atoms with Crippen LogP contribution in [-0.2, 0) is 11.3 Å². The highest BCUT2D eigenvalue weighted by Crippen LogP contribution is 2.30. The first-order valence-electron chi connectivity index (χ1n) is 9.58. The lowest BCUT2D eigenvalue weighted by Crippen LogP contribution is -2.39. The summed E-state index contributed by atoms with van der Waals surface area (Å²) in [6.45, 7) is 3.72. The van der Waals surface area contributed by atoms with Crippen LogP contribution in [0.4, 0.5) is 4.79 Å². The van der Waals surface area contributed by atoms with Gasteiger partial charge in [-0.1, -0.05) is 36.4 Å². The number of benzene rings is 2. The average molecular weight is 397 g/mol. The third kappa shape index (κ3) is 4.99. The second kappa shape index (κ2) is 9.32. The van der Waals surface area contributed by atoms with E-state index in [4.69, 9.17) is 9.47 Å². The standard InChI is InChI=1S/C22H27N3O4/c1-16(26)23-19(18-9-10-20(28-2)21(13-18)29-3)15-25-12-11-24(22(25)27)14-17-7-5-4-6-8-17/h4-10,13,19H,11-12,14-15H2,1-3H3,(H,23,26). The summed E-state index contributed by atoms with van der Waals surface area (Å²) >= 11 is 0. The van der Waals surface area contributed by atoms with Gasteiger partial charge < -0.3 is 24.6 Å². The number of methoxy groups -OCH3 is 2. The molecule has 7 heteroatoms. The fourth-order valence-corrected chi connectivity index (χ4v) is 3.52. The molecule has 0 bridgehead atoms. The number of rotatable bonds is 8. The first-order valence-corrected chi connectivity index (χ1v) is 9.58. The highest BCUT2D eigenvalue weighted by atomic mass is 16.5. The van der Waals surface area contributed by atoms with Crippen LogP contribution in [0.5, 0.6) is 11.5 Å². The van der Waals surface area contributed by atoms with E-state index in [0.717, 1.165) is 11.1 Å². The Kier molecular flexibility index (Phi) is 6.59. The first kappa shape index (κ1) is 20.5. The highest BCUT2D eigenvalue weighted by molar-refractivity contribution is 5.77. The van der Waals surface area contributed by atoms with E-state index < -0.39 is 0 Å². The fourth-order valence-electron chi connectivity index (χ4n) is 3.52. The molecular formula is C22H27N3O4. The number of ether oxygens (including phenoxy) is 2. The van der Waals surface area contributed by atoms with E-state index in [1.807, 2.05) is 47.4 Å². The molecule has 1 N–H and O–H groups in total. The fraction of sp³-hybridized carbons (Fsp3) is 0.364. The van der Waals surface area contributed by atoms with E-state index in [1.165, 1.54) is 6.92 Å². The monoisotopic (exact) mass is 397 g/mol. The molecule has 1 saturated heterocycles. The van der Waals surface area contributed by atoms with Crippen LogP contribution < -0.4 is 14.8 Å². The SMILES string of the molecule is COc1ccc(C(CN2CCN(Cc3ccccc3)C2=O)NC(C)=O)cc1OC. The maximum absolute atomic E-state index is 12.9. The Morgan fingerprint density at radius 1 is 1.03 bits per heavy atom. The number of nitrogens with zero attached hydrogens (tertiary/aromatic N) is 2. The summed E-state index contributed by atoms with van der Waals surface area (Å²) in [6, 6.07) is 15.1. The van der Waals surface area contributed by atoms with Crippen molar-refractivity contribution in [2.45, 2.75) is 19.5 Å². The molecule has 0 aliphatic carbocycles. The minimum absolute atomic E-state index is 0.0234. The van der Waals surface area contributed by atoms with Crippen molar-refractivity contribution >= 4 is 11.9 Å². The molecule has 2 aromatic carbocycles. The maximum atomic E-state index is 12.9. The normalized spacial score (nSPS) is 14.7. The van der Waals surface area contributed by atoms with Crippen molar-refractivity contribution < 1.29 is 19.1 Å². The lowest BCUT2D eigenvalue weighted by Gasteiger charge is -2.25. The molecule has 1 aliphatic rings. The maximum Gasteiger partial charge on any atom is 0.320 e. The molecule has 0 spiro atoms. The van der Waals surface area contributed by atoms with E-state index in [1.54, 1.807) is 25.2 Å². The van der Waals surface area contributed by atoms with Crippen LogP contribution in [0.1, 0.15) is 24.1 Å².